The van der Waals surface area contributed by atoms with Crippen LogP contribution in [0.1, 0.15) is 33.6 Å². The summed E-state index contributed by atoms with van der Waals surface area (Å²) in [5.41, 5.74) is -0.400. The van der Waals surface area contributed by atoms with Gasteiger partial charge in [0.05, 0.1) is 0 Å². The average Bonchev–Trinajstić information content (AvgIpc) is 2.21. The molecule has 0 radical (unpaired) electrons. The summed E-state index contributed by atoms with van der Waals surface area (Å²) in [6.07, 6.45) is 2.28. The Bertz CT molecular complexity index is 289. The largest absolute Gasteiger partial charge is 0.444 e. The van der Waals surface area contributed by atoms with Gasteiger partial charge in [-0.1, -0.05) is 0 Å². The molecule has 0 saturated carbocycles. The van der Waals surface area contributed by atoms with Crippen LogP contribution in [-0.2, 0) is 4.74 Å². The number of carbonyl (C=O) groups is 1. The van der Waals surface area contributed by atoms with Gasteiger partial charge in [0.2, 0.25) is 0 Å². The molecule has 0 aromatic carbocycles. The number of rotatable bonds is 2. The van der Waals surface area contributed by atoms with Gasteiger partial charge < -0.3 is 20.3 Å². The van der Waals surface area contributed by atoms with Crippen LogP contribution >= 0.6 is 0 Å². The van der Waals surface area contributed by atoms with Crippen molar-refractivity contribution in [3.05, 3.63) is 0 Å². The predicted molar refractivity (Wildman–Crippen MR) is 70.6 cm³/mol. The number of nitrogens with one attached hydrogen (secondary N) is 2. The molecule has 0 bridgehead atoms. The fourth-order valence-corrected chi connectivity index (χ4v) is 2.39. The number of ether oxygens (including phenoxy) is 1. The van der Waals surface area contributed by atoms with E-state index in [-0.39, 0.29) is 6.09 Å². The fraction of sp³-hybridized carbons (Fsp3) is 0.923. The molecule has 0 spiro atoms. The highest BCUT2D eigenvalue weighted by Gasteiger charge is 2.34. The van der Waals surface area contributed by atoms with Crippen LogP contribution in [0.2, 0.25) is 0 Å². The monoisotopic (exact) mass is 255 g/mol. The second-order valence-corrected chi connectivity index (χ2v) is 6.29. The van der Waals surface area contributed by atoms with Crippen molar-refractivity contribution in [2.45, 2.75) is 51.3 Å². The number of hydrogen-bond acceptors (Lipinski definition) is 4. The minimum Gasteiger partial charge on any atom is -0.444 e. The standard InChI is InChI=1S/C13H25N3O2/c1-13(2,3)18-12(17)16-8-11(9-16)15-10-5-4-6-14-7-10/h10-11,14-15H,4-9H2,1-3H3. The molecule has 1 unspecified atom stereocenters. The molecule has 5 heteroatoms. The highest BCUT2D eigenvalue weighted by atomic mass is 16.6. The number of piperidine rings is 1. The van der Waals surface area contributed by atoms with Gasteiger partial charge in [-0.25, -0.2) is 4.79 Å². The van der Waals surface area contributed by atoms with Crippen molar-refractivity contribution in [1.82, 2.24) is 15.5 Å². The van der Waals surface area contributed by atoms with Gasteiger partial charge in [-0.2, -0.15) is 0 Å². The summed E-state index contributed by atoms with van der Waals surface area (Å²) >= 11 is 0. The molecule has 0 aliphatic carbocycles. The van der Waals surface area contributed by atoms with Crippen molar-refractivity contribution in [2.75, 3.05) is 26.2 Å². The van der Waals surface area contributed by atoms with Gasteiger partial charge in [0, 0.05) is 31.7 Å². The molecule has 1 amide bonds. The van der Waals surface area contributed by atoms with Crippen LogP contribution in [0, 0.1) is 0 Å². The minimum atomic E-state index is -0.400. The van der Waals surface area contributed by atoms with E-state index in [1.54, 1.807) is 4.90 Å². The summed E-state index contributed by atoms with van der Waals surface area (Å²) < 4.78 is 5.33. The quantitative estimate of drug-likeness (QED) is 0.771. The van der Waals surface area contributed by atoms with Gasteiger partial charge in [-0.3, -0.25) is 0 Å². The third-order valence-corrected chi connectivity index (χ3v) is 3.30. The Hall–Kier alpha value is -0.810. The molecule has 2 N–H and O–H groups in total. The van der Waals surface area contributed by atoms with Gasteiger partial charge in [0.15, 0.2) is 0 Å². The molecule has 2 aliphatic rings. The number of nitrogens with zero attached hydrogens (tertiary/aromatic N) is 1. The van der Waals surface area contributed by atoms with E-state index in [0.717, 1.165) is 26.2 Å². The lowest BCUT2D eigenvalue weighted by Gasteiger charge is -2.42. The predicted octanol–water partition coefficient (Wildman–Crippen LogP) is 0.947. The van der Waals surface area contributed by atoms with E-state index in [9.17, 15) is 4.79 Å². The van der Waals surface area contributed by atoms with Gasteiger partial charge in [-0.15, -0.1) is 0 Å². The van der Waals surface area contributed by atoms with E-state index in [4.69, 9.17) is 4.74 Å². The molecule has 1 atom stereocenters. The van der Waals surface area contributed by atoms with E-state index in [1.165, 1.54) is 12.8 Å². The van der Waals surface area contributed by atoms with Crippen LogP contribution in [0.4, 0.5) is 4.79 Å². The van der Waals surface area contributed by atoms with Crippen molar-refractivity contribution >= 4 is 6.09 Å². The van der Waals surface area contributed by atoms with E-state index in [0.29, 0.717) is 12.1 Å². The van der Waals surface area contributed by atoms with Crippen molar-refractivity contribution in [1.29, 1.82) is 0 Å². The molecule has 2 rings (SSSR count). The summed E-state index contributed by atoms with van der Waals surface area (Å²) in [7, 11) is 0. The first-order valence-corrected chi connectivity index (χ1v) is 6.89. The molecule has 104 valence electrons. The van der Waals surface area contributed by atoms with E-state index in [2.05, 4.69) is 10.6 Å². The first-order valence-electron chi connectivity index (χ1n) is 6.89. The van der Waals surface area contributed by atoms with Crippen molar-refractivity contribution < 1.29 is 9.53 Å². The third-order valence-electron chi connectivity index (χ3n) is 3.30. The van der Waals surface area contributed by atoms with Crippen LogP contribution in [0.3, 0.4) is 0 Å². The fourth-order valence-electron chi connectivity index (χ4n) is 2.39. The van der Waals surface area contributed by atoms with E-state index in [1.807, 2.05) is 20.8 Å². The Kier molecular flexibility index (Phi) is 4.12. The maximum absolute atomic E-state index is 11.7. The highest BCUT2D eigenvalue weighted by Crippen LogP contribution is 2.16. The van der Waals surface area contributed by atoms with Gasteiger partial charge >= 0.3 is 6.09 Å². The number of carbonyl (C=O) groups excluding carboxylic acids is 1. The van der Waals surface area contributed by atoms with Crippen LogP contribution in [0.5, 0.6) is 0 Å². The summed E-state index contributed by atoms with van der Waals surface area (Å²) in [6, 6.07) is 0.993. The zero-order valence-corrected chi connectivity index (χ0v) is 11.7. The number of hydrogen-bond donors (Lipinski definition) is 2. The lowest BCUT2D eigenvalue weighted by molar-refractivity contribution is 0.00386. The SMILES string of the molecule is CC(C)(C)OC(=O)N1CC(NC2CCCNC2)C1. The zero-order valence-electron chi connectivity index (χ0n) is 11.7. The van der Waals surface area contributed by atoms with Crippen LogP contribution in [0.25, 0.3) is 0 Å². The molecule has 18 heavy (non-hydrogen) atoms. The first kappa shape index (κ1) is 13.6. The molecule has 2 fully saturated rings. The topological polar surface area (TPSA) is 53.6 Å². The number of amides is 1. The molecular weight excluding hydrogens is 230 g/mol. The highest BCUT2D eigenvalue weighted by molar-refractivity contribution is 5.69. The minimum absolute atomic E-state index is 0.192. The third kappa shape index (κ3) is 3.85. The Labute approximate surface area is 109 Å². The molecule has 0 aromatic rings. The van der Waals surface area contributed by atoms with Crippen molar-refractivity contribution in [3.8, 4) is 0 Å². The maximum atomic E-state index is 11.7. The summed E-state index contributed by atoms with van der Waals surface area (Å²) in [6.45, 7) is 9.41. The average molecular weight is 255 g/mol. The van der Waals surface area contributed by atoms with Gasteiger partial charge in [0.1, 0.15) is 5.60 Å². The second kappa shape index (κ2) is 5.45. The van der Waals surface area contributed by atoms with E-state index >= 15 is 0 Å². The van der Waals surface area contributed by atoms with Gasteiger partial charge in [0.25, 0.3) is 0 Å². The second-order valence-electron chi connectivity index (χ2n) is 6.29. The molecule has 0 aromatic heterocycles. The Balaban J connectivity index is 1.65. The van der Waals surface area contributed by atoms with E-state index < -0.39 is 5.60 Å². The van der Waals surface area contributed by atoms with Crippen LogP contribution < -0.4 is 10.6 Å². The number of likely N-dealkylation sites (tertiary alicyclic amines) is 1. The van der Waals surface area contributed by atoms with Gasteiger partial charge in [-0.05, 0) is 40.2 Å². The molecule has 2 saturated heterocycles. The maximum Gasteiger partial charge on any atom is 0.410 e. The first-order chi connectivity index (χ1) is 8.44. The molecular formula is C13H25N3O2. The normalized spacial score (nSPS) is 25.7. The summed E-state index contributed by atoms with van der Waals surface area (Å²) in [5, 5.41) is 6.98. The Morgan fingerprint density at radius 1 is 1.33 bits per heavy atom. The Morgan fingerprint density at radius 2 is 2.06 bits per heavy atom. The lowest BCUT2D eigenvalue weighted by atomic mass is 10.0. The smallest absolute Gasteiger partial charge is 0.410 e. The molecule has 2 aliphatic heterocycles. The summed E-state index contributed by atoms with van der Waals surface area (Å²) in [4.78, 5) is 13.5. The van der Waals surface area contributed by atoms with Crippen molar-refractivity contribution in [2.24, 2.45) is 0 Å². The van der Waals surface area contributed by atoms with Crippen LogP contribution in [-0.4, -0.2) is 54.9 Å². The van der Waals surface area contributed by atoms with Crippen molar-refractivity contribution in [3.63, 3.8) is 0 Å². The zero-order chi connectivity index (χ0) is 13.2. The Morgan fingerprint density at radius 3 is 2.61 bits per heavy atom. The molecule has 5 nitrogen and oxygen atoms in total. The summed E-state index contributed by atoms with van der Waals surface area (Å²) in [5.74, 6) is 0. The van der Waals surface area contributed by atoms with Crippen LogP contribution in [0.15, 0.2) is 0 Å². The lowest BCUT2D eigenvalue weighted by Crippen LogP contribution is -2.63. The molecule has 2 heterocycles.